The van der Waals surface area contributed by atoms with Crippen molar-refractivity contribution in [3.05, 3.63) is 87.2 Å². The summed E-state index contributed by atoms with van der Waals surface area (Å²) in [5.74, 6) is -0.432. The van der Waals surface area contributed by atoms with Gasteiger partial charge in [0.05, 0.1) is 35.9 Å². The number of nitrogens with zero attached hydrogens (tertiary/aromatic N) is 5. The molecule has 43 heavy (non-hydrogen) atoms. The number of anilines is 2. The topological polar surface area (TPSA) is 149 Å². The summed E-state index contributed by atoms with van der Waals surface area (Å²) in [4.78, 5) is 27.5. The maximum Gasteiger partial charge on any atom is 0.513 e. The van der Waals surface area contributed by atoms with E-state index in [1.807, 2.05) is 6.07 Å². The molecular formula is C27H27F3N6O6S. The molecule has 0 amide bonds. The van der Waals surface area contributed by atoms with Crippen LogP contribution in [0, 0.1) is 11.3 Å². The Balaban J connectivity index is 1.89. The molecule has 0 saturated carbocycles. The highest BCUT2D eigenvalue weighted by Gasteiger charge is 2.40. The maximum absolute atomic E-state index is 13.8. The first kappa shape index (κ1) is 31.3. The Morgan fingerprint density at radius 3 is 2.49 bits per heavy atom. The van der Waals surface area contributed by atoms with Crippen molar-refractivity contribution in [2.24, 2.45) is 0 Å². The first-order chi connectivity index (χ1) is 20.2. The standard InChI is InChI=1S/C27H27F3N6O6S/c1-17-23(42-26(38)41-2)22(19-10-8-18(15-31)9-11-19)36-24(35(17)21-7-4-6-20(14-21)27(28,29)30)33-34(25(36)37)13-5-12-32-16-43(3,39)40/h4,6-11,14,22,32H,5,12-13,16H2,1-3H3. The average Bonchev–Trinajstić information content (AvgIpc) is 3.27. The van der Waals surface area contributed by atoms with E-state index in [2.05, 4.69) is 15.2 Å². The first-order valence-electron chi connectivity index (χ1n) is 12.8. The van der Waals surface area contributed by atoms with E-state index < -0.39 is 39.5 Å². The number of methoxy groups -OCH3 is 1. The van der Waals surface area contributed by atoms with E-state index in [1.54, 1.807) is 12.1 Å². The lowest BCUT2D eigenvalue weighted by atomic mass is 10.00. The molecule has 1 aliphatic rings. The van der Waals surface area contributed by atoms with Gasteiger partial charge >= 0.3 is 18.0 Å². The van der Waals surface area contributed by atoms with Crippen molar-refractivity contribution in [3.63, 3.8) is 0 Å². The second-order valence-corrected chi connectivity index (χ2v) is 11.8. The van der Waals surface area contributed by atoms with Gasteiger partial charge in [-0.1, -0.05) is 18.2 Å². The summed E-state index contributed by atoms with van der Waals surface area (Å²) in [5.41, 5.74) is -0.746. The number of ether oxygens (including phenoxy) is 2. The number of hydrogen-bond acceptors (Lipinski definition) is 10. The Hall–Kier alpha value is -4.62. The van der Waals surface area contributed by atoms with Gasteiger partial charge in [-0.3, -0.25) is 4.90 Å². The molecule has 1 aliphatic heterocycles. The van der Waals surface area contributed by atoms with E-state index in [0.717, 1.165) is 30.2 Å². The summed E-state index contributed by atoms with van der Waals surface area (Å²) in [5, 5.41) is 16.5. The van der Waals surface area contributed by atoms with Crippen LogP contribution in [-0.4, -0.2) is 54.7 Å². The second kappa shape index (κ2) is 12.3. The second-order valence-electron chi connectivity index (χ2n) is 9.63. The van der Waals surface area contributed by atoms with E-state index in [9.17, 15) is 36.4 Å². The molecular weight excluding hydrogens is 593 g/mol. The van der Waals surface area contributed by atoms with Gasteiger partial charge in [-0.05, 0) is 55.8 Å². The van der Waals surface area contributed by atoms with Gasteiger partial charge in [0.25, 0.3) is 0 Å². The molecule has 0 spiro atoms. The molecule has 3 aromatic rings. The number of carbonyl (C=O) groups excluding carboxylic acids is 1. The van der Waals surface area contributed by atoms with Gasteiger partial charge in [0.2, 0.25) is 5.95 Å². The highest BCUT2D eigenvalue weighted by Crippen LogP contribution is 2.43. The van der Waals surface area contributed by atoms with Crippen molar-refractivity contribution in [2.75, 3.05) is 30.7 Å². The molecule has 4 rings (SSSR count). The number of aromatic nitrogens is 3. The number of allylic oxidation sites excluding steroid dienone is 2. The number of benzene rings is 2. The zero-order chi connectivity index (χ0) is 31.5. The minimum atomic E-state index is -4.67. The largest absolute Gasteiger partial charge is 0.513 e. The normalized spacial score (nSPS) is 15.2. The van der Waals surface area contributed by atoms with Crippen LogP contribution in [0.3, 0.4) is 0 Å². The SMILES string of the molecule is COC(=O)OC1=C(C)N(c2cccc(C(F)(F)F)c2)c2nn(CCCNCS(C)(=O)=O)c(=O)n2C1c1ccc(C#N)cc1. The molecule has 0 bridgehead atoms. The fourth-order valence-electron chi connectivity index (χ4n) is 4.55. The minimum Gasteiger partial charge on any atom is -0.437 e. The number of rotatable bonds is 9. The zero-order valence-corrected chi connectivity index (χ0v) is 24.1. The van der Waals surface area contributed by atoms with Gasteiger partial charge in [0, 0.05) is 18.5 Å². The number of nitriles is 1. The Bertz CT molecular complexity index is 1760. The fraction of sp³-hybridized carbons (Fsp3) is 0.333. The van der Waals surface area contributed by atoms with Gasteiger partial charge in [0.15, 0.2) is 15.6 Å². The lowest BCUT2D eigenvalue weighted by molar-refractivity contribution is -0.137. The highest BCUT2D eigenvalue weighted by atomic mass is 32.2. The van der Waals surface area contributed by atoms with E-state index in [1.165, 1.54) is 40.7 Å². The Kier molecular flexibility index (Phi) is 8.97. The third-order valence-electron chi connectivity index (χ3n) is 6.49. The number of sulfone groups is 1. The molecule has 0 fully saturated rings. The van der Waals surface area contributed by atoms with E-state index >= 15 is 0 Å². The zero-order valence-electron chi connectivity index (χ0n) is 23.3. The van der Waals surface area contributed by atoms with E-state index in [0.29, 0.717) is 11.1 Å². The maximum atomic E-state index is 13.8. The van der Waals surface area contributed by atoms with Gasteiger partial charge < -0.3 is 14.8 Å². The molecule has 12 nitrogen and oxygen atoms in total. The molecule has 1 atom stereocenters. The summed E-state index contributed by atoms with van der Waals surface area (Å²) in [6.45, 7) is 1.75. The lowest BCUT2D eigenvalue weighted by Crippen LogP contribution is -2.37. The van der Waals surface area contributed by atoms with Crippen LogP contribution in [0.4, 0.5) is 29.6 Å². The van der Waals surface area contributed by atoms with E-state index in [4.69, 9.17) is 4.74 Å². The summed E-state index contributed by atoms with van der Waals surface area (Å²) in [7, 11) is -2.18. The quantitative estimate of drug-likeness (QED) is 0.277. The fourth-order valence-corrected chi connectivity index (χ4v) is 5.07. The Labute approximate surface area is 244 Å². The lowest BCUT2D eigenvalue weighted by Gasteiger charge is -2.35. The number of nitrogens with one attached hydrogen (secondary N) is 1. The molecule has 228 valence electrons. The third kappa shape index (κ3) is 6.89. The summed E-state index contributed by atoms with van der Waals surface area (Å²) >= 11 is 0. The summed E-state index contributed by atoms with van der Waals surface area (Å²) in [6.07, 6.45) is -4.44. The van der Waals surface area contributed by atoms with Crippen LogP contribution in [0.5, 0.6) is 0 Å². The molecule has 0 aliphatic carbocycles. The van der Waals surface area contributed by atoms with Crippen LogP contribution in [0.25, 0.3) is 0 Å². The Morgan fingerprint density at radius 2 is 1.88 bits per heavy atom. The third-order valence-corrected chi connectivity index (χ3v) is 7.21. The van der Waals surface area contributed by atoms with Crippen LogP contribution < -0.4 is 15.9 Å². The number of fused-ring (bicyclic) bond motifs is 1. The van der Waals surface area contributed by atoms with Crippen molar-refractivity contribution < 1.29 is 35.9 Å². The van der Waals surface area contributed by atoms with Crippen LogP contribution in [-0.2, 0) is 32.0 Å². The number of halogens is 3. The molecule has 2 aromatic carbocycles. The minimum absolute atomic E-state index is 0.00946. The molecule has 0 saturated heterocycles. The van der Waals surface area contributed by atoms with Gasteiger partial charge in [0.1, 0.15) is 6.04 Å². The van der Waals surface area contributed by atoms with Gasteiger partial charge in [-0.2, -0.15) is 18.4 Å². The smallest absolute Gasteiger partial charge is 0.437 e. The number of alkyl halides is 3. The Morgan fingerprint density at radius 1 is 1.19 bits per heavy atom. The summed E-state index contributed by atoms with van der Waals surface area (Å²) in [6, 6.07) is 11.4. The van der Waals surface area contributed by atoms with Crippen LogP contribution in [0.1, 0.15) is 36.1 Å². The monoisotopic (exact) mass is 620 g/mol. The molecule has 1 N–H and O–H groups in total. The number of hydrogen-bond donors (Lipinski definition) is 1. The van der Waals surface area contributed by atoms with Crippen LogP contribution >= 0.6 is 0 Å². The first-order valence-corrected chi connectivity index (χ1v) is 14.8. The number of aryl methyl sites for hydroxylation is 1. The molecule has 1 aromatic heterocycles. The molecule has 1 unspecified atom stereocenters. The summed E-state index contributed by atoms with van der Waals surface area (Å²) < 4.78 is 76.2. The van der Waals surface area contributed by atoms with Crippen molar-refractivity contribution in [2.45, 2.75) is 32.1 Å². The number of carbonyl (C=O) groups is 1. The predicted molar refractivity (Wildman–Crippen MR) is 148 cm³/mol. The van der Waals surface area contributed by atoms with Crippen molar-refractivity contribution in [1.82, 2.24) is 19.7 Å². The molecule has 0 radical (unpaired) electrons. The van der Waals surface area contributed by atoms with Crippen molar-refractivity contribution >= 4 is 27.6 Å². The van der Waals surface area contributed by atoms with Crippen LogP contribution in [0.15, 0.2) is 64.8 Å². The molecule has 16 heteroatoms. The van der Waals surface area contributed by atoms with Crippen molar-refractivity contribution in [3.8, 4) is 6.07 Å². The van der Waals surface area contributed by atoms with Crippen molar-refractivity contribution in [1.29, 1.82) is 5.26 Å². The van der Waals surface area contributed by atoms with Gasteiger partial charge in [-0.25, -0.2) is 27.3 Å². The highest BCUT2D eigenvalue weighted by molar-refractivity contribution is 7.90. The van der Waals surface area contributed by atoms with Crippen LogP contribution in [0.2, 0.25) is 0 Å². The average molecular weight is 621 g/mol. The molecule has 2 heterocycles. The predicted octanol–water partition coefficient (Wildman–Crippen LogP) is 3.67. The van der Waals surface area contributed by atoms with Gasteiger partial charge in [-0.15, -0.1) is 5.10 Å². The van der Waals surface area contributed by atoms with E-state index in [-0.39, 0.29) is 48.5 Å².